The maximum absolute atomic E-state index is 4.18. The summed E-state index contributed by atoms with van der Waals surface area (Å²) in [5.41, 5.74) is 0. The van der Waals surface area contributed by atoms with E-state index in [0.29, 0.717) is 6.04 Å². The largest absolute Gasteiger partial charge is 0.314 e. The second-order valence-electron chi connectivity index (χ2n) is 4.64. The highest BCUT2D eigenvalue weighted by atomic mass is 32.2. The third-order valence-electron chi connectivity index (χ3n) is 3.30. The molecule has 3 rings (SSSR count). The Morgan fingerprint density at radius 1 is 1.39 bits per heavy atom. The molecule has 1 N–H and O–H groups in total. The molecule has 1 aromatic carbocycles. The monoisotopic (exact) mass is 259 g/mol. The highest BCUT2D eigenvalue weighted by Crippen LogP contribution is 2.31. The lowest BCUT2D eigenvalue weighted by atomic mass is 10.2. The standard InChI is InChI=1S/C14H17N3S/c1-11-9-16-7-8-17(11)18-14-4-2-3-12-10-15-6-5-13(12)14/h2-6,10-11,16H,7-9H2,1H3. The summed E-state index contributed by atoms with van der Waals surface area (Å²) in [4.78, 5) is 5.51. The number of nitrogens with one attached hydrogen (secondary N) is 1. The first-order valence-electron chi connectivity index (χ1n) is 6.32. The van der Waals surface area contributed by atoms with E-state index in [4.69, 9.17) is 0 Å². The van der Waals surface area contributed by atoms with Crippen molar-refractivity contribution in [2.75, 3.05) is 19.6 Å². The Bertz CT molecular complexity index is 538. The third kappa shape index (κ3) is 2.36. The van der Waals surface area contributed by atoms with Gasteiger partial charge in [-0.25, -0.2) is 4.31 Å². The fraction of sp³-hybridized carbons (Fsp3) is 0.357. The van der Waals surface area contributed by atoms with Crippen molar-refractivity contribution in [1.82, 2.24) is 14.6 Å². The van der Waals surface area contributed by atoms with Crippen LogP contribution in [0.1, 0.15) is 6.92 Å². The molecule has 1 aromatic heterocycles. The van der Waals surface area contributed by atoms with Crippen LogP contribution in [0.5, 0.6) is 0 Å². The average Bonchev–Trinajstić information content (AvgIpc) is 2.42. The number of hydrogen-bond donors (Lipinski definition) is 1. The molecule has 0 radical (unpaired) electrons. The molecule has 1 aliphatic rings. The number of pyridine rings is 1. The Morgan fingerprint density at radius 2 is 2.33 bits per heavy atom. The van der Waals surface area contributed by atoms with Gasteiger partial charge in [0, 0.05) is 48.4 Å². The van der Waals surface area contributed by atoms with Crippen molar-refractivity contribution in [2.24, 2.45) is 0 Å². The van der Waals surface area contributed by atoms with Gasteiger partial charge < -0.3 is 5.32 Å². The highest BCUT2D eigenvalue weighted by molar-refractivity contribution is 7.97. The van der Waals surface area contributed by atoms with Crippen molar-refractivity contribution in [3.8, 4) is 0 Å². The normalized spacial score (nSPS) is 21.3. The molecule has 18 heavy (non-hydrogen) atoms. The van der Waals surface area contributed by atoms with E-state index in [1.807, 2.05) is 24.3 Å². The van der Waals surface area contributed by atoms with Crippen LogP contribution < -0.4 is 5.32 Å². The van der Waals surface area contributed by atoms with E-state index >= 15 is 0 Å². The van der Waals surface area contributed by atoms with E-state index in [9.17, 15) is 0 Å². The smallest absolute Gasteiger partial charge is 0.0346 e. The number of piperazine rings is 1. The van der Waals surface area contributed by atoms with Crippen LogP contribution in [-0.2, 0) is 0 Å². The summed E-state index contributed by atoms with van der Waals surface area (Å²) < 4.78 is 2.46. The van der Waals surface area contributed by atoms with Gasteiger partial charge >= 0.3 is 0 Å². The highest BCUT2D eigenvalue weighted by Gasteiger charge is 2.19. The van der Waals surface area contributed by atoms with E-state index in [-0.39, 0.29) is 0 Å². The number of aromatic nitrogens is 1. The quantitative estimate of drug-likeness (QED) is 0.839. The van der Waals surface area contributed by atoms with Crippen LogP contribution in [0.15, 0.2) is 41.6 Å². The SMILES string of the molecule is CC1CNCCN1Sc1cccc2cnccc12. The van der Waals surface area contributed by atoms with Crippen molar-refractivity contribution in [3.63, 3.8) is 0 Å². The molecule has 0 bridgehead atoms. The van der Waals surface area contributed by atoms with E-state index in [2.05, 4.69) is 45.8 Å². The Morgan fingerprint density at radius 3 is 3.22 bits per heavy atom. The minimum Gasteiger partial charge on any atom is -0.314 e. The van der Waals surface area contributed by atoms with Crippen LogP contribution in [0.4, 0.5) is 0 Å². The van der Waals surface area contributed by atoms with Crippen molar-refractivity contribution >= 4 is 22.7 Å². The van der Waals surface area contributed by atoms with Crippen LogP contribution in [0.3, 0.4) is 0 Å². The molecule has 0 spiro atoms. The molecule has 94 valence electrons. The molecule has 1 saturated heterocycles. The van der Waals surface area contributed by atoms with Gasteiger partial charge in [0.2, 0.25) is 0 Å². The maximum Gasteiger partial charge on any atom is 0.0346 e. The van der Waals surface area contributed by atoms with Crippen LogP contribution >= 0.6 is 11.9 Å². The van der Waals surface area contributed by atoms with Crippen molar-refractivity contribution in [1.29, 1.82) is 0 Å². The molecule has 1 aliphatic heterocycles. The minimum absolute atomic E-state index is 0.570. The fourth-order valence-electron chi connectivity index (χ4n) is 2.26. The topological polar surface area (TPSA) is 28.2 Å². The Hall–Kier alpha value is -1.10. The zero-order valence-electron chi connectivity index (χ0n) is 10.5. The summed E-state index contributed by atoms with van der Waals surface area (Å²) >= 11 is 1.87. The fourth-order valence-corrected chi connectivity index (χ4v) is 3.37. The predicted molar refractivity (Wildman–Crippen MR) is 76.6 cm³/mol. The zero-order chi connectivity index (χ0) is 12.4. The summed E-state index contributed by atoms with van der Waals surface area (Å²) in [6, 6.07) is 9.10. The molecule has 1 atom stereocenters. The van der Waals surface area contributed by atoms with Gasteiger partial charge in [-0.05, 0) is 36.4 Å². The minimum atomic E-state index is 0.570. The van der Waals surface area contributed by atoms with Gasteiger partial charge in [-0.3, -0.25) is 4.98 Å². The second-order valence-corrected chi connectivity index (χ2v) is 5.73. The molecule has 2 aromatic rings. The first-order chi connectivity index (χ1) is 8.84. The molecular formula is C14H17N3S. The second kappa shape index (κ2) is 5.26. The number of rotatable bonds is 2. The summed E-state index contributed by atoms with van der Waals surface area (Å²) in [5.74, 6) is 0. The van der Waals surface area contributed by atoms with Crippen molar-refractivity contribution in [2.45, 2.75) is 17.9 Å². The Labute approximate surface area is 112 Å². The average molecular weight is 259 g/mol. The van der Waals surface area contributed by atoms with Gasteiger partial charge in [0.05, 0.1) is 0 Å². The molecule has 0 amide bonds. The summed E-state index contributed by atoms with van der Waals surface area (Å²) in [5, 5.41) is 5.93. The molecule has 4 heteroatoms. The van der Waals surface area contributed by atoms with E-state index < -0.39 is 0 Å². The third-order valence-corrected chi connectivity index (χ3v) is 4.63. The first-order valence-corrected chi connectivity index (χ1v) is 7.10. The van der Waals surface area contributed by atoms with E-state index in [1.165, 1.54) is 15.7 Å². The van der Waals surface area contributed by atoms with Gasteiger partial charge in [0.15, 0.2) is 0 Å². The first kappa shape index (κ1) is 12.0. The van der Waals surface area contributed by atoms with Gasteiger partial charge in [-0.1, -0.05) is 12.1 Å². The van der Waals surface area contributed by atoms with Gasteiger partial charge in [0.25, 0.3) is 0 Å². The Kier molecular flexibility index (Phi) is 3.50. The van der Waals surface area contributed by atoms with E-state index in [1.54, 1.807) is 0 Å². The number of benzene rings is 1. The van der Waals surface area contributed by atoms with Crippen LogP contribution in [-0.4, -0.2) is 35.0 Å². The van der Waals surface area contributed by atoms with E-state index in [0.717, 1.165) is 19.6 Å². The lowest BCUT2D eigenvalue weighted by molar-refractivity contribution is 0.309. The predicted octanol–water partition coefficient (Wildman–Crippen LogP) is 2.54. The van der Waals surface area contributed by atoms with Crippen molar-refractivity contribution in [3.05, 3.63) is 36.7 Å². The Balaban J connectivity index is 1.90. The molecule has 0 saturated carbocycles. The van der Waals surface area contributed by atoms with Crippen LogP contribution in [0, 0.1) is 0 Å². The number of nitrogens with zero attached hydrogens (tertiary/aromatic N) is 2. The number of hydrogen-bond acceptors (Lipinski definition) is 4. The number of fused-ring (bicyclic) bond motifs is 1. The molecule has 1 fully saturated rings. The van der Waals surface area contributed by atoms with Gasteiger partial charge in [-0.2, -0.15) is 0 Å². The molecule has 2 heterocycles. The lowest BCUT2D eigenvalue weighted by Crippen LogP contribution is -2.46. The molecule has 0 aliphatic carbocycles. The van der Waals surface area contributed by atoms with Crippen LogP contribution in [0.25, 0.3) is 10.8 Å². The molecule has 3 nitrogen and oxygen atoms in total. The zero-order valence-corrected chi connectivity index (χ0v) is 11.3. The lowest BCUT2D eigenvalue weighted by Gasteiger charge is -2.32. The molecule has 1 unspecified atom stereocenters. The molecular weight excluding hydrogens is 242 g/mol. The van der Waals surface area contributed by atoms with Crippen molar-refractivity contribution < 1.29 is 0 Å². The summed E-state index contributed by atoms with van der Waals surface area (Å²) in [6.07, 6.45) is 3.80. The summed E-state index contributed by atoms with van der Waals surface area (Å²) in [6.45, 7) is 5.50. The summed E-state index contributed by atoms with van der Waals surface area (Å²) in [7, 11) is 0. The van der Waals surface area contributed by atoms with Gasteiger partial charge in [-0.15, -0.1) is 0 Å². The maximum atomic E-state index is 4.18. The van der Waals surface area contributed by atoms with Gasteiger partial charge in [0.1, 0.15) is 0 Å². The van der Waals surface area contributed by atoms with Crippen LogP contribution in [0.2, 0.25) is 0 Å².